The standard InChI is InChI=1S/C16H20BrN3O4S/c1-16(2,3)24-15(21)20-8-4-5-12(20)14-18-11-9-10(17)6-7-13(11)25(22,23)19-14/h6-7,9,12H,4-5,8H2,1-3H3,(H,18,19)/t12-/m0/s1. The zero-order valence-electron chi connectivity index (χ0n) is 14.2. The van der Waals surface area contributed by atoms with E-state index in [2.05, 4.69) is 25.6 Å². The second kappa shape index (κ2) is 6.28. The maximum atomic E-state index is 12.5. The number of ether oxygens (including phenoxy) is 1. The van der Waals surface area contributed by atoms with Crippen LogP contribution in [0.15, 0.2) is 32.0 Å². The van der Waals surface area contributed by atoms with Gasteiger partial charge in [-0.05, 0) is 51.8 Å². The summed E-state index contributed by atoms with van der Waals surface area (Å²) in [5.41, 5.74) is -0.161. The maximum absolute atomic E-state index is 12.5. The van der Waals surface area contributed by atoms with Crippen LogP contribution in [-0.2, 0) is 14.8 Å². The molecular formula is C16H20BrN3O4S. The number of hydrogen-bond donors (Lipinski definition) is 1. The average molecular weight is 430 g/mol. The van der Waals surface area contributed by atoms with Crippen LogP contribution in [0.1, 0.15) is 33.6 Å². The molecule has 1 fully saturated rings. The van der Waals surface area contributed by atoms with E-state index in [1.54, 1.807) is 32.9 Å². The summed E-state index contributed by atoms with van der Waals surface area (Å²) in [5, 5.41) is 3.07. The first-order chi connectivity index (χ1) is 11.6. The highest BCUT2D eigenvalue weighted by molar-refractivity contribution is 9.10. The van der Waals surface area contributed by atoms with E-state index in [0.29, 0.717) is 18.7 Å². The number of likely N-dealkylation sites (tertiary alicyclic amines) is 1. The monoisotopic (exact) mass is 429 g/mol. The number of amidine groups is 1. The Hall–Kier alpha value is -1.61. The first-order valence-corrected chi connectivity index (χ1v) is 10.2. The normalized spacial score (nSPS) is 22.0. The van der Waals surface area contributed by atoms with Crippen molar-refractivity contribution in [1.29, 1.82) is 0 Å². The molecule has 2 aliphatic heterocycles. The third-order valence-corrected chi connectivity index (χ3v) is 5.74. The van der Waals surface area contributed by atoms with E-state index >= 15 is 0 Å². The molecule has 0 unspecified atom stereocenters. The van der Waals surface area contributed by atoms with E-state index < -0.39 is 27.8 Å². The second-order valence-electron chi connectivity index (χ2n) is 7.05. The van der Waals surface area contributed by atoms with Crippen LogP contribution in [0.2, 0.25) is 0 Å². The smallest absolute Gasteiger partial charge is 0.410 e. The van der Waals surface area contributed by atoms with Crippen LogP contribution in [0, 0.1) is 0 Å². The lowest BCUT2D eigenvalue weighted by molar-refractivity contribution is 0.0266. The molecule has 1 atom stereocenters. The van der Waals surface area contributed by atoms with Gasteiger partial charge in [-0.2, -0.15) is 8.42 Å². The molecule has 1 N–H and O–H groups in total. The lowest BCUT2D eigenvalue weighted by Gasteiger charge is -2.30. The summed E-state index contributed by atoms with van der Waals surface area (Å²) in [7, 11) is -3.80. The Kier molecular flexibility index (Phi) is 4.57. The Labute approximate surface area is 155 Å². The molecule has 0 aliphatic carbocycles. The molecule has 2 aliphatic rings. The molecule has 7 nitrogen and oxygen atoms in total. The maximum Gasteiger partial charge on any atom is 0.410 e. The van der Waals surface area contributed by atoms with Gasteiger partial charge in [0.1, 0.15) is 16.3 Å². The van der Waals surface area contributed by atoms with E-state index in [1.807, 2.05) is 0 Å². The van der Waals surface area contributed by atoms with Crippen molar-refractivity contribution < 1.29 is 17.9 Å². The van der Waals surface area contributed by atoms with Gasteiger partial charge >= 0.3 is 6.09 Å². The van der Waals surface area contributed by atoms with Crippen LogP contribution in [0.25, 0.3) is 0 Å². The summed E-state index contributed by atoms with van der Waals surface area (Å²) in [6.07, 6.45) is 0.928. The Morgan fingerprint density at radius 3 is 2.80 bits per heavy atom. The van der Waals surface area contributed by atoms with Gasteiger partial charge in [0.2, 0.25) is 0 Å². The van der Waals surface area contributed by atoms with Gasteiger partial charge in [-0.3, -0.25) is 4.90 Å². The molecule has 1 aromatic rings. The first kappa shape index (κ1) is 18.2. The molecule has 0 saturated carbocycles. The molecule has 0 spiro atoms. The number of benzene rings is 1. The van der Waals surface area contributed by atoms with Gasteiger partial charge < -0.3 is 10.1 Å². The molecule has 0 bridgehead atoms. The second-order valence-corrected chi connectivity index (χ2v) is 9.54. The minimum Gasteiger partial charge on any atom is -0.444 e. The number of halogens is 1. The molecule has 25 heavy (non-hydrogen) atoms. The van der Waals surface area contributed by atoms with Gasteiger partial charge in [-0.25, -0.2) is 4.79 Å². The number of carbonyl (C=O) groups excluding carboxylic acids is 1. The number of sulfonamides is 1. The number of nitrogens with zero attached hydrogens (tertiary/aromatic N) is 2. The van der Waals surface area contributed by atoms with Crippen LogP contribution in [0.5, 0.6) is 0 Å². The van der Waals surface area contributed by atoms with Crippen molar-refractivity contribution in [3.05, 3.63) is 22.7 Å². The fourth-order valence-corrected chi connectivity index (χ4v) is 4.41. The number of anilines is 1. The van der Waals surface area contributed by atoms with Crippen molar-refractivity contribution in [2.24, 2.45) is 4.40 Å². The highest BCUT2D eigenvalue weighted by atomic mass is 79.9. The van der Waals surface area contributed by atoms with Crippen LogP contribution >= 0.6 is 15.9 Å². The van der Waals surface area contributed by atoms with Crippen LogP contribution in [0.4, 0.5) is 10.5 Å². The Morgan fingerprint density at radius 1 is 1.40 bits per heavy atom. The minimum atomic E-state index is -3.80. The number of carbonyl (C=O) groups is 1. The van der Waals surface area contributed by atoms with Crippen molar-refractivity contribution in [2.45, 2.75) is 50.2 Å². The number of amides is 1. The number of hydrogen-bond acceptors (Lipinski definition) is 5. The molecule has 3 rings (SSSR count). The Balaban J connectivity index is 1.91. The molecule has 9 heteroatoms. The van der Waals surface area contributed by atoms with Gasteiger partial charge in [-0.1, -0.05) is 15.9 Å². The van der Waals surface area contributed by atoms with Crippen molar-refractivity contribution in [1.82, 2.24) is 4.90 Å². The van der Waals surface area contributed by atoms with E-state index in [0.717, 1.165) is 10.9 Å². The molecule has 2 heterocycles. The summed E-state index contributed by atoms with van der Waals surface area (Å²) in [4.78, 5) is 14.1. The molecular weight excluding hydrogens is 410 g/mol. The number of nitrogens with one attached hydrogen (secondary N) is 1. The average Bonchev–Trinajstić information content (AvgIpc) is 2.93. The topological polar surface area (TPSA) is 88.1 Å². The quantitative estimate of drug-likeness (QED) is 0.738. The number of fused-ring (bicyclic) bond motifs is 1. The molecule has 136 valence electrons. The van der Waals surface area contributed by atoms with Gasteiger partial charge in [0.05, 0.1) is 11.7 Å². The molecule has 1 aromatic carbocycles. The van der Waals surface area contributed by atoms with Crippen molar-refractivity contribution >= 4 is 43.6 Å². The Bertz CT molecular complexity index is 845. The lowest BCUT2D eigenvalue weighted by atomic mass is 10.2. The molecule has 0 radical (unpaired) electrons. The van der Waals surface area contributed by atoms with E-state index in [1.165, 1.54) is 11.0 Å². The van der Waals surface area contributed by atoms with E-state index in [-0.39, 0.29) is 10.7 Å². The summed E-state index contributed by atoms with van der Waals surface area (Å²) >= 11 is 3.34. The molecule has 0 aromatic heterocycles. The van der Waals surface area contributed by atoms with Crippen molar-refractivity contribution in [3.8, 4) is 0 Å². The lowest BCUT2D eigenvalue weighted by Crippen LogP contribution is -2.46. The van der Waals surface area contributed by atoms with Gasteiger partial charge in [0.15, 0.2) is 0 Å². The zero-order valence-corrected chi connectivity index (χ0v) is 16.6. The zero-order chi connectivity index (χ0) is 18.4. The van der Waals surface area contributed by atoms with Crippen LogP contribution in [0.3, 0.4) is 0 Å². The third kappa shape index (κ3) is 3.82. The van der Waals surface area contributed by atoms with E-state index in [9.17, 15) is 13.2 Å². The Morgan fingerprint density at radius 2 is 2.12 bits per heavy atom. The van der Waals surface area contributed by atoms with Gasteiger partial charge in [0.25, 0.3) is 10.0 Å². The van der Waals surface area contributed by atoms with Gasteiger partial charge in [-0.15, -0.1) is 4.40 Å². The minimum absolute atomic E-state index is 0.126. The highest BCUT2D eigenvalue weighted by Crippen LogP contribution is 2.32. The first-order valence-electron chi connectivity index (χ1n) is 7.98. The molecule has 1 amide bonds. The fourth-order valence-electron chi connectivity index (χ4n) is 2.90. The van der Waals surface area contributed by atoms with Crippen LogP contribution < -0.4 is 5.32 Å². The largest absolute Gasteiger partial charge is 0.444 e. The predicted molar refractivity (Wildman–Crippen MR) is 98.3 cm³/mol. The predicted octanol–water partition coefficient (Wildman–Crippen LogP) is 3.36. The summed E-state index contributed by atoms with van der Waals surface area (Å²) in [5.74, 6) is 0.258. The van der Waals surface area contributed by atoms with Crippen LogP contribution in [-0.4, -0.2) is 43.4 Å². The number of rotatable bonds is 1. The third-order valence-electron chi connectivity index (χ3n) is 3.90. The molecule has 1 saturated heterocycles. The highest BCUT2D eigenvalue weighted by Gasteiger charge is 2.38. The van der Waals surface area contributed by atoms with Crippen molar-refractivity contribution in [2.75, 3.05) is 11.9 Å². The summed E-state index contributed by atoms with van der Waals surface area (Å²) in [6.45, 7) is 5.89. The summed E-state index contributed by atoms with van der Waals surface area (Å²) in [6, 6.07) is 4.40. The summed E-state index contributed by atoms with van der Waals surface area (Å²) < 4.78 is 35.1. The SMILES string of the molecule is CC(C)(C)OC(=O)N1CCC[C@H]1C1=NS(=O)(=O)c2ccc(Br)cc2N1. The fraction of sp³-hybridized carbons (Fsp3) is 0.500. The van der Waals surface area contributed by atoms with Crippen molar-refractivity contribution in [3.63, 3.8) is 0 Å². The van der Waals surface area contributed by atoms with E-state index in [4.69, 9.17) is 4.74 Å². The van der Waals surface area contributed by atoms with Gasteiger partial charge in [0, 0.05) is 11.0 Å².